The molecule has 1 fully saturated rings. The van der Waals surface area contributed by atoms with Crippen molar-refractivity contribution >= 4 is 27.8 Å². The number of hydrogen-bond acceptors (Lipinski definition) is 7. The van der Waals surface area contributed by atoms with Crippen molar-refractivity contribution in [1.29, 1.82) is 0 Å². The second-order valence-electron chi connectivity index (χ2n) is 8.79. The molecule has 1 atom stereocenters. The van der Waals surface area contributed by atoms with Gasteiger partial charge in [-0.25, -0.2) is 22.7 Å². The third-order valence-corrected chi connectivity index (χ3v) is 6.08. The van der Waals surface area contributed by atoms with Gasteiger partial charge in [-0.1, -0.05) is 0 Å². The maximum atomic E-state index is 12.6. The molecule has 1 aliphatic carbocycles. The molecule has 2 rings (SSSR count). The van der Waals surface area contributed by atoms with E-state index in [9.17, 15) is 18.0 Å². The molecule has 0 bridgehead atoms. The highest BCUT2D eigenvalue weighted by Gasteiger charge is 2.41. The lowest BCUT2D eigenvalue weighted by Gasteiger charge is -2.22. The maximum Gasteiger partial charge on any atom is 0.407 e. The number of methoxy groups -OCH3 is 1. The highest BCUT2D eigenvalue weighted by molar-refractivity contribution is 7.89. The summed E-state index contributed by atoms with van der Waals surface area (Å²) in [6, 6.07) is 3.96. The normalized spacial score (nSPS) is 16.3. The van der Waals surface area contributed by atoms with Crippen LogP contribution in [0.3, 0.4) is 0 Å². The number of nitrogens with one attached hydrogen (secondary N) is 3. The lowest BCUT2D eigenvalue weighted by molar-refractivity contribution is 0.0524. The summed E-state index contributed by atoms with van der Waals surface area (Å²) in [4.78, 5) is 24.0. The quantitative estimate of drug-likeness (QED) is 0.530. The van der Waals surface area contributed by atoms with Gasteiger partial charge in [-0.05, 0) is 65.7 Å². The Morgan fingerprint density at radius 1 is 1.23 bits per heavy atom. The van der Waals surface area contributed by atoms with Crippen molar-refractivity contribution in [3.63, 3.8) is 0 Å². The van der Waals surface area contributed by atoms with E-state index < -0.39 is 33.2 Å². The number of carbonyl (C=O) groups is 2. The summed E-state index contributed by atoms with van der Waals surface area (Å²) in [5, 5.41) is 5.74. The molecule has 9 nitrogen and oxygen atoms in total. The van der Waals surface area contributed by atoms with E-state index >= 15 is 0 Å². The molecule has 1 unspecified atom stereocenters. The van der Waals surface area contributed by atoms with Crippen molar-refractivity contribution in [3.8, 4) is 0 Å². The molecule has 1 amide bonds. The zero-order valence-corrected chi connectivity index (χ0v) is 19.1. The Kier molecular flexibility index (Phi) is 7.03. The van der Waals surface area contributed by atoms with Crippen molar-refractivity contribution in [3.05, 3.63) is 23.8 Å². The molecule has 1 aromatic carbocycles. The van der Waals surface area contributed by atoms with Crippen LogP contribution in [0.1, 0.15) is 57.8 Å². The third-order valence-electron chi connectivity index (χ3n) is 4.44. The molecule has 0 saturated heterocycles. The fourth-order valence-electron chi connectivity index (χ4n) is 2.64. The number of hydrogen-bond donors (Lipinski definition) is 3. The maximum absolute atomic E-state index is 12.6. The Balaban J connectivity index is 2.13. The van der Waals surface area contributed by atoms with Crippen molar-refractivity contribution in [2.45, 2.75) is 69.5 Å². The van der Waals surface area contributed by atoms with E-state index in [1.54, 1.807) is 27.7 Å². The monoisotopic (exact) mass is 441 g/mol. The molecule has 1 aliphatic rings. The highest BCUT2D eigenvalue weighted by atomic mass is 32.2. The van der Waals surface area contributed by atoms with Crippen molar-refractivity contribution in [2.24, 2.45) is 0 Å². The van der Waals surface area contributed by atoms with Gasteiger partial charge in [-0.15, -0.1) is 0 Å². The summed E-state index contributed by atoms with van der Waals surface area (Å²) in [6.07, 6.45) is 1.00. The Morgan fingerprint density at radius 3 is 2.40 bits per heavy atom. The van der Waals surface area contributed by atoms with Crippen molar-refractivity contribution in [2.75, 3.05) is 19.0 Å². The van der Waals surface area contributed by atoms with Crippen LogP contribution in [0.5, 0.6) is 0 Å². The molecule has 10 heteroatoms. The number of anilines is 1. The molecule has 0 aliphatic heterocycles. The number of alkyl carbamates (subject to hydrolysis) is 1. The Bertz CT molecular complexity index is 904. The molecular formula is C20H31N3O6S. The van der Waals surface area contributed by atoms with Crippen LogP contribution >= 0.6 is 0 Å². The van der Waals surface area contributed by atoms with Gasteiger partial charge in [-0.3, -0.25) is 0 Å². The zero-order valence-electron chi connectivity index (χ0n) is 18.3. The van der Waals surface area contributed by atoms with Crippen LogP contribution in [0.15, 0.2) is 23.1 Å². The van der Waals surface area contributed by atoms with Gasteiger partial charge in [-0.2, -0.15) is 0 Å². The molecule has 0 aromatic heterocycles. The molecule has 3 N–H and O–H groups in total. The Hall–Kier alpha value is -2.33. The minimum Gasteiger partial charge on any atom is -0.465 e. The van der Waals surface area contributed by atoms with E-state index in [0.717, 1.165) is 12.8 Å². The largest absolute Gasteiger partial charge is 0.465 e. The fraction of sp³-hybridized carbons (Fsp3) is 0.600. The van der Waals surface area contributed by atoms with Crippen LogP contribution < -0.4 is 15.4 Å². The second kappa shape index (κ2) is 8.81. The van der Waals surface area contributed by atoms with E-state index in [-0.39, 0.29) is 23.0 Å². The number of esters is 1. The topological polar surface area (TPSA) is 123 Å². The molecule has 0 spiro atoms. The number of sulfonamides is 1. The molecule has 1 aromatic rings. The number of benzene rings is 1. The van der Waals surface area contributed by atoms with Gasteiger partial charge >= 0.3 is 12.1 Å². The van der Waals surface area contributed by atoms with E-state index in [1.807, 2.05) is 6.92 Å². The number of amides is 1. The average Bonchev–Trinajstić information content (AvgIpc) is 3.33. The van der Waals surface area contributed by atoms with E-state index in [4.69, 9.17) is 9.47 Å². The molecular weight excluding hydrogens is 410 g/mol. The van der Waals surface area contributed by atoms with Crippen LogP contribution in [0.4, 0.5) is 10.5 Å². The van der Waals surface area contributed by atoms with Crippen LogP contribution in [0.2, 0.25) is 0 Å². The minimum absolute atomic E-state index is 0.0129. The van der Waals surface area contributed by atoms with Crippen LogP contribution in [-0.4, -0.2) is 51.3 Å². The second-order valence-corrected chi connectivity index (χ2v) is 10.5. The standard InChI is InChI=1S/C20H31N3O6S/c1-13(12-21-18(25)29-19(2,3)4)22-16-8-7-14(11-15(16)17(24)28-6)30(26,27)23-20(5)9-10-20/h7-8,11,13,22-23H,9-10,12H2,1-6H3,(H,21,25). The minimum atomic E-state index is -3.76. The molecule has 0 heterocycles. The highest BCUT2D eigenvalue weighted by Crippen LogP contribution is 2.36. The summed E-state index contributed by atoms with van der Waals surface area (Å²) in [6.45, 7) is 9.18. The number of rotatable bonds is 8. The molecule has 30 heavy (non-hydrogen) atoms. The predicted octanol–water partition coefficient (Wildman–Crippen LogP) is 2.63. The SMILES string of the molecule is COC(=O)c1cc(S(=O)(=O)NC2(C)CC2)ccc1NC(C)CNC(=O)OC(C)(C)C. The third kappa shape index (κ3) is 6.88. The van der Waals surface area contributed by atoms with Crippen molar-refractivity contribution in [1.82, 2.24) is 10.0 Å². The lowest BCUT2D eigenvalue weighted by atomic mass is 10.1. The van der Waals surface area contributed by atoms with Gasteiger partial charge in [0.25, 0.3) is 0 Å². The summed E-state index contributed by atoms with van der Waals surface area (Å²) in [5.41, 5.74) is -0.545. The fourth-order valence-corrected chi connectivity index (χ4v) is 4.13. The van der Waals surface area contributed by atoms with E-state index in [0.29, 0.717) is 5.69 Å². The smallest absolute Gasteiger partial charge is 0.407 e. The van der Waals surface area contributed by atoms with Crippen LogP contribution in [-0.2, 0) is 19.5 Å². The lowest BCUT2D eigenvalue weighted by Crippen LogP contribution is -2.38. The summed E-state index contributed by atoms with van der Waals surface area (Å²) in [5.74, 6) is -0.667. The summed E-state index contributed by atoms with van der Waals surface area (Å²) < 4.78 is 37.9. The predicted molar refractivity (Wildman–Crippen MR) is 113 cm³/mol. The zero-order chi connectivity index (χ0) is 22.7. The van der Waals surface area contributed by atoms with E-state index in [2.05, 4.69) is 15.4 Å². The first-order valence-electron chi connectivity index (χ1n) is 9.74. The summed E-state index contributed by atoms with van der Waals surface area (Å²) in [7, 11) is -2.54. The summed E-state index contributed by atoms with van der Waals surface area (Å²) >= 11 is 0. The average molecular weight is 442 g/mol. The Morgan fingerprint density at radius 2 is 1.87 bits per heavy atom. The van der Waals surface area contributed by atoms with Crippen molar-refractivity contribution < 1.29 is 27.5 Å². The number of carbonyl (C=O) groups excluding carboxylic acids is 2. The first kappa shape index (κ1) is 23.9. The Labute approximate surface area is 177 Å². The first-order chi connectivity index (χ1) is 13.7. The molecule has 0 radical (unpaired) electrons. The molecule has 1 saturated carbocycles. The van der Waals surface area contributed by atoms with E-state index in [1.165, 1.54) is 25.3 Å². The van der Waals surface area contributed by atoms with Gasteiger partial charge in [0.2, 0.25) is 10.0 Å². The van der Waals surface area contributed by atoms with Gasteiger partial charge in [0.05, 0.1) is 17.6 Å². The van der Waals surface area contributed by atoms with Crippen LogP contribution in [0.25, 0.3) is 0 Å². The number of ether oxygens (including phenoxy) is 2. The van der Waals surface area contributed by atoms with Gasteiger partial charge in [0, 0.05) is 23.8 Å². The van der Waals surface area contributed by atoms with Gasteiger partial charge in [0.15, 0.2) is 0 Å². The van der Waals surface area contributed by atoms with Crippen LogP contribution in [0, 0.1) is 0 Å². The molecule has 168 valence electrons. The van der Waals surface area contributed by atoms with Gasteiger partial charge in [0.1, 0.15) is 5.60 Å². The van der Waals surface area contributed by atoms with Gasteiger partial charge < -0.3 is 20.1 Å². The first-order valence-corrected chi connectivity index (χ1v) is 11.2.